The van der Waals surface area contributed by atoms with Crippen molar-refractivity contribution in [3.8, 4) is 0 Å². The lowest BCUT2D eigenvalue weighted by atomic mass is 10.1. The van der Waals surface area contributed by atoms with Crippen LogP contribution in [0.4, 0.5) is 20.4 Å². The van der Waals surface area contributed by atoms with E-state index in [1.54, 1.807) is 14.1 Å². The van der Waals surface area contributed by atoms with E-state index < -0.39 is 34.1 Å². The summed E-state index contributed by atoms with van der Waals surface area (Å²) in [4.78, 5) is 55.1. The van der Waals surface area contributed by atoms with Crippen molar-refractivity contribution in [1.29, 1.82) is 0 Å². The third kappa shape index (κ3) is 9.43. The van der Waals surface area contributed by atoms with Crippen LogP contribution in [0.1, 0.15) is 36.8 Å². The van der Waals surface area contributed by atoms with Gasteiger partial charge in [-0.1, -0.05) is 23.2 Å². The predicted molar refractivity (Wildman–Crippen MR) is 243 cm³/mol. The van der Waals surface area contributed by atoms with Gasteiger partial charge in [-0.25, -0.2) is 18.4 Å². The van der Waals surface area contributed by atoms with Gasteiger partial charge in [0, 0.05) is 88.6 Å². The van der Waals surface area contributed by atoms with Crippen LogP contribution in [-0.4, -0.2) is 71.1 Å². The van der Waals surface area contributed by atoms with Crippen LogP contribution in [0, 0.1) is 11.6 Å². The average Bonchev–Trinajstić information content (AvgIpc) is 3.77. The number of fused-ring (bicyclic) bond motifs is 2. The molecule has 0 amide bonds. The molecule has 2 aromatic carbocycles. The minimum Gasteiger partial charge on any atom is -0.412 e. The van der Waals surface area contributed by atoms with Crippen LogP contribution in [0.25, 0.3) is 22.1 Å². The van der Waals surface area contributed by atoms with Crippen LogP contribution in [0.2, 0.25) is 10.0 Å². The number of benzene rings is 2. The number of hydrogen-bond acceptors (Lipinski definition) is 8. The molecule has 0 saturated carbocycles. The van der Waals surface area contributed by atoms with Crippen molar-refractivity contribution in [3.63, 3.8) is 0 Å². The van der Waals surface area contributed by atoms with Gasteiger partial charge in [0.25, 0.3) is 11.1 Å². The quantitative estimate of drug-likeness (QED) is 0.254. The lowest BCUT2D eigenvalue weighted by Gasteiger charge is -2.33. The highest BCUT2D eigenvalue weighted by molar-refractivity contribution is 6.31. The van der Waals surface area contributed by atoms with Crippen LogP contribution in [0.3, 0.4) is 0 Å². The number of aromatic nitrogens is 6. The van der Waals surface area contributed by atoms with Crippen LogP contribution in [0.5, 0.6) is 0 Å². The Hall–Kier alpha value is -4.62. The Morgan fingerprint density at radius 3 is 1.31 bits per heavy atom. The highest BCUT2D eigenvalue weighted by Crippen LogP contribution is 2.31. The van der Waals surface area contributed by atoms with Crippen molar-refractivity contribution >= 4 is 81.7 Å². The largest absolute Gasteiger partial charge is 0.412 e. The van der Waals surface area contributed by atoms with E-state index in [4.69, 9.17) is 34.7 Å². The van der Waals surface area contributed by atoms with Crippen molar-refractivity contribution in [2.45, 2.75) is 50.9 Å². The Morgan fingerprint density at radius 2 is 0.967 bits per heavy atom. The highest BCUT2D eigenvalue weighted by Gasteiger charge is 2.27. The van der Waals surface area contributed by atoms with E-state index in [1.807, 2.05) is 21.3 Å². The van der Waals surface area contributed by atoms with Crippen molar-refractivity contribution < 1.29 is 14.3 Å². The van der Waals surface area contributed by atoms with Gasteiger partial charge in [-0.15, -0.1) is 24.8 Å². The second-order valence-electron chi connectivity index (χ2n) is 15.2. The second-order valence-corrected chi connectivity index (χ2v) is 16.0. The number of hydrogen-bond donors (Lipinski definition) is 2. The Bertz CT molecular complexity index is 2630. The maximum absolute atomic E-state index is 13.9. The number of nitrogens with two attached hydrogens (primary N) is 2. The fourth-order valence-electron chi connectivity index (χ4n) is 8.10. The average molecular weight is 931 g/mol. The lowest BCUT2D eigenvalue weighted by molar-refractivity contribution is 0.498. The van der Waals surface area contributed by atoms with Gasteiger partial charge >= 0.3 is 11.4 Å². The Labute approximate surface area is 371 Å². The molecule has 0 spiro atoms. The second kappa shape index (κ2) is 19.6. The van der Waals surface area contributed by atoms with E-state index in [-0.39, 0.29) is 55.5 Å². The fourth-order valence-corrected chi connectivity index (χ4v) is 8.46. The first-order chi connectivity index (χ1) is 27.5. The zero-order valence-corrected chi connectivity index (χ0v) is 37.2. The first kappa shape index (κ1) is 49.0. The smallest absolute Gasteiger partial charge is 0.331 e. The minimum atomic E-state index is -0.400. The van der Waals surface area contributed by atoms with E-state index in [1.165, 1.54) is 59.6 Å². The minimum absolute atomic E-state index is 0. The monoisotopic (exact) mass is 928 g/mol. The molecule has 6 N–H and O–H groups in total. The van der Waals surface area contributed by atoms with E-state index >= 15 is 0 Å². The van der Waals surface area contributed by atoms with Gasteiger partial charge in [-0.05, 0) is 73.2 Å². The van der Waals surface area contributed by atoms with Crippen molar-refractivity contribution in [3.05, 3.63) is 123 Å². The third-order valence-electron chi connectivity index (χ3n) is 11.2. The normalized spacial score (nSPS) is 16.4. The molecule has 2 aliphatic rings. The summed E-state index contributed by atoms with van der Waals surface area (Å²) in [5.74, 6) is 0.743. The molecular weight excluding hydrogens is 880 g/mol. The Morgan fingerprint density at radius 1 is 0.607 bits per heavy atom. The number of nitrogens with zero attached hydrogens (tertiary/aromatic N) is 8. The molecule has 2 saturated heterocycles. The van der Waals surface area contributed by atoms with Gasteiger partial charge in [0.15, 0.2) is 0 Å². The molecule has 0 radical (unpaired) electrons. The summed E-state index contributed by atoms with van der Waals surface area (Å²) in [7, 11) is 6.17. The molecule has 2 atom stereocenters. The molecule has 2 fully saturated rings. The maximum Gasteiger partial charge on any atom is 0.331 e. The molecule has 0 aliphatic carbocycles. The number of anilines is 2. The lowest BCUT2D eigenvalue weighted by Crippen LogP contribution is -2.43. The number of aryl methyl sites for hydroxylation is 2. The molecule has 21 heteroatoms. The number of rotatable bonds is 6. The maximum atomic E-state index is 13.9. The Kier molecular flexibility index (Phi) is 15.8. The van der Waals surface area contributed by atoms with Crippen LogP contribution >= 0.6 is 48.0 Å². The van der Waals surface area contributed by atoms with Crippen molar-refractivity contribution in [2.24, 2.45) is 39.7 Å². The summed E-state index contributed by atoms with van der Waals surface area (Å²) in [5, 5.41) is 0.826. The van der Waals surface area contributed by atoms with E-state index in [2.05, 4.69) is 9.80 Å². The van der Waals surface area contributed by atoms with Gasteiger partial charge in [-0.3, -0.25) is 27.9 Å². The van der Waals surface area contributed by atoms with Gasteiger partial charge in [0.2, 0.25) is 0 Å². The van der Waals surface area contributed by atoms with Crippen LogP contribution in [-0.2, 0) is 41.3 Å². The van der Waals surface area contributed by atoms with Gasteiger partial charge < -0.3 is 35.9 Å². The highest BCUT2D eigenvalue weighted by atomic mass is 35.5. The van der Waals surface area contributed by atoms with E-state index in [0.717, 1.165) is 59.5 Å². The molecule has 4 aromatic heterocycles. The Balaban J connectivity index is 0.000000256. The molecule has 0 unspecified atom stereocenters. The summed E-state index contributed by atoms with van der Waals surface area (Å²) in [6.07, 6.45) is 3.74. The number of piperidine rings is 2. The number of halogens is 6. The fraction of sp³-hybridized carbons (Fsp3) is 0.400. The van der Waals surface area contributed by atoms with Crippen molar-refractivity contribution in [2.75, 3.05) is 36.0 Å². The standard InChI is InChI=1S/2C20H23ClFN5O2.2ClH.H2O/c2*1-24-16-9-17(26-7-3-4-14(23)11-26)27(18(16)19(28)25(2)20(24)29)10-12-8-13(22)5-6-15(12)21;;;/h2*5-6,8-9,14H,3-4,7,10-11,23H2,1-2H3;2*1H;1H2/t2*14-;;;/m11.../s1. The SMILES string of the molecule is Cl.Cl.Cn1c(=O)c2c(cc(N3CCC[C@@H](N)C3)n2Cc2cc(F)ccc2Cl)n(C)c1=O.Cn1c(=O)c2c(cc(N3CCC[C@@H](N)C3)n2Cc2cc(F)ccc2Cl)n(C)c1=O.O. The third-order valence-corrected chi connectivity index (χ3v) is 12.0. The van der Waals surface area contributed by atoms with Crippen LogP contribution < -0.4 is 43.8 Å². The molecule has 6 aromatic rings. The van der Waals surface area contributed by atoms with Gasteiger partial charge in [0.05, 0.1) is 24.1 Å². The summed E-state index contributed by atoms with van der Waals surface area (Å²) in [5.41, 5.74) is 13.7. The summed E-state index contributed by atoms with van der Waals surface area (Å²) < 4.78 is 36.4. The molecule has 0 bridgehead atoms. The molecule has 8 rings (SSSR count). The zero-order chi connectivity index (χ0) is 41.7. The first-order valence-electron chi connectivity index (χ1n) is 19.0. The van der Waals surface area contributed by atoms with Crippen LogP contribution in [0.15, 0.2) is 67.7 Å². The van der Waals surface area contributed by atoms with Crippen molar-refractivity contribution in [1.82, 2.24) is 27.4 Å². The topological polar surface area (TPSA) is 188 Å². The van der Waals surface area contributed by atoms with Gasteiger partial charge in [0.1, 0.15) is 34.3 Å². The molecule has 332 valence electrons. The summed E-state index contributed by atoms with van der Waals surface area (Å²) in [6.45, 7) is 3.26. The van der Waals surface area contributed by atoms with E-state index in [9.17, 15) is 28.0 Å². The molecule has 2 aliphatic heterocycles. The summed E-state index contributed by atoms with van der Waals surface area (Å²) in [6, 6.07) is 12.1. The predicted octanol–water partition coefficient (Wildman–Crippen LogP) is 3.63. The van der Waals surface area contributed by atoms with E-state index in [0.29, 0.717) is 56.3 Å². The van der Waals surface area contributed by atoms with Gasteiger partial charge in [-0.2, -0.15) is 0 Å². The first-order valence-corrected chi connectivity index (χ1v) is 19.8. The summed E-state index contributed by atoms with van der Waals surface area (Å²) >= 11 is 12.6. The zero-order valence-electron chi connectivity index (χ0n) is 34.0. The molecule has 15 nitrogen and oxygen atoms in total. The molecule has 61 heavy (non-hydrogen) atoms. The molecular formula is C40H50Cl4F2N10O5. The molecule has 6 heterocycles.